The minimum absolute atomic E-state index is 1.57. The maximum atomic E-state index is 13.0. The van der Waals surface area contributed by atoms with Gasteiger partial charge in [0.25, 0.3) is 0 Å². The Bertz CT molecular complexity index is 513. The molecule has 0 aliphatic heterocycles. The van der Waals surface area contributed by atoms with Crippen molar-refractivity contribution in [3.8, 4) is 0 Å². The van der Waals surface area contributed by atoms with E-state index in [0.29, 0.717) is 0 Å². The van der Waals surface area contributed by atoms with E-state index < -0.39 is 52.4 Å². The molecule has 0 saturated heterocycles. The van der Waals surface area contributed by atoms with Crippen LogP contribution >= 0.6 is 0 Å². The zero-order valence-corrected chi connectivity index (χ0v) is 8.94. The van der Waals surface area contributed by atoms with Gasteiger partial charge < -0.3 is 0 Å². The second-order valence-electron chi connectivity index (χ2n) is 3.41. The van der Waals surface area contributed by atoms with Crippen LogP contribution in [0.1, 0.15) is 16.7 Å². The number of aromatic nitrogens is 1. The third-order valence-corrected chi connectivity index (χ3v) is 2.07. The molecule has 4 nitrogen and oxygen atoms in total. The standard InChI is InChI=1S/C8H2F8N2O2/c9-5-3(7(11,12)13)2(1-18(19)20)4(6(10)17-5)8(14,15)16/h1H2. The fourth-order valence-electron chi connectivity index (χ4n) is 1.44. The Hall–Kier alpha value is -2.01. The summed E-state index contributed by atoms with van der Waals surface area (Å²) in [5.74, 6) is -5.19. The van der Waals surface area contributed by atoms with Crippen molar-refractivity contribution < 1.29 is 40.0 Å². The van der Waals surface area contributed by atoms with E-state index in [2.05, 4.69) is 0 Å². The molecule has 0 aliphatic rings. The Labute approximate surface area is 104 Å². The normalized spacial score (nSPS) is 12.6. The minimum Gasteiger partial charge on any atom is -0.264 e. The highest BCUT2D eigenvalue weighted by atomic mass is 19.4. The lowest BCUT2D eigenvalue weighted by Gasteiger charge is -2.16. The average Bonchev–Trinajstić information content (AvgIpc) is 2.09. The molecule has 0 aromatic carbocycles. The number of pyridine rings is 1. The average molecular weight is 310 g/mol. The lowest BCUT2D eigenvalue weighted by atomic mass is 10.0. The molecule has 1 aromatic rings. The van der Waals surface area contributed by atoms with Gasteiger partial charge in [0, 0.05) is 4.92 Å². The lowest BCUT2D eigenvalue weighted by molar-refractivity contribution is -0.497. The zero-order chi connectivity index (χ0) is 15.9. The van der Waals surface area contributed by atoms with Crippen LogP contribution in [0.15, 0.2) is 0 Å². The fraction of sp³-hybridized carbons (Fsp3) is 0.375. The predicted molar refractivity (Wildman–Crippen MR) is 44.9 cm³/mol. The van der Waals surface area contributed by atoms with Crippen LogP contribution in [0.3, 0.4) is 0 Å². The summed E-state index contributed by atoms with van der Waals surface area (Å²) >= 11 is 0. The largest absolute Gasteiger partial charge is 0.421 e. The topological polar surface area (TPSA) is 56.0 Å². The van der Waals surface area contributed by atoms with Crippen molar-refractivity contribution in [2.75, 3.05) is 0 Å². The third-order valence-electron chi connectivity index (χ3n) is 2.07. The van der Waals surface area contributed by atoms with E-state index >= 15 is 0 Å². The molecule has 0 aliphatic carbocycles. The molecule has 0 spiro atoms. The van der Waals surface area contributed by atoms with Crippen LogP contribution in [0, 0.1) is 22.0 Å². The summed E-state index contributed by atoms with van der Waals surface area (Å²) in [4.78, 5) is 10.5. The Morgan fingerprint density at radius 3 is 1.55 bits per heavy atom. The summed E-state index contributed by atoms with van der Waals surface area (Å²) in [7, 11) is 0. The smallest absolute Gasteiger partial charge is 0.264 e. The number of nitro groups is 1. The van der Waals surface area contributed by atoms with Gasteiger partial charge in [-0.2, -0.15) is 40.1 Å². The Morgan fingerprint density at radius 2 is 1.30 bits per heavy atom. The Kier molecular flexibility index (Phi) is 3.87. The van der Waals surface area contributed by atoms with E-state index in [1.165, 1.54) is 0 Å². The van der Waals surface area contributed by atoms with Gasteiger partial charge in [0.15, 0.2) is 0 Å². The number of rotatable bonds is 2. The van der Waals surface area contributed by atoms with Gasteiger partial charge in [0.05, 0.1) is 5.56 Å². The number of halogens is 8. The van der Waals surface area contributed by atoms with Crippen LogP contribution in [0.5, 0.6) is 0 Å². The first-order chi connectivity index (χ1) is 8.85. The summed E-state index contributed by atoms with van der Waals surface area (Å²) in [6.45, 7) is -2.06. The van der Waals surface area contributed by atoms with Gasteiger partial charge in [-0.25, -0.2) is 0 Å². The molecule has 0 unspecified atom stereocenters. The first kappa shape index (κ1) is 16.0. The molecule has 0 radical (unpaired) electrons. The highest BCUT2D eigenvalue weighted by molar-refractivity contribution is 5.37. The summed E-state index contributed by atoms with van der Waals surface area (Å²) in [6.07, 6.45) is -11.4. The highest BCUT2D eigenvalue weighted by Crippen LogP contribution is 2.41. The molecule has 0 N–H and O–H groups in total. The van der Waals surface area contributed by atoms with Crippen molar-refractivity contribution in [1.29, 1.82) is 0 Å². The van der Waals surface area contributed by atoms with Crippen molar-refractivity contribution in [2.45, 2.75) is 18.9 Å². The van der Waals surface area contributed by atoms with Crippen molar-refractivity contribution >= 4 is 0 Å². The summed E-state index contributed by atoms with van der Waals surface area (Å²) < 4.78 is 101. The molecule has 20 heavy (non-hydrogen) atoms. The molecule has 1 aromatic heterocycles. The van der Waals surface area contributed by atoms with Gasteiger partial charge in [0.2, 0.25) is 18.4 Å². The van der Waals surface area contributed by atoms with Crippen molar-refractivity contribution in [3.05, 3.63) is 38.7 Å². The monoisotopic (exact) mass is 310 g/mol. The van der Waals surface area contributed by atoms with Gasteiger partial charge in [-0.05, 0) is 0 Å². The van der Waals surface area contributed by atoms with E-state index in [1.54, 1.807) is 0 Å². The maximum absolute atomic E-state index is 13.0. The molecule has 1 heterocycles. The quantitative estimate of drug-likeness (QED) is 0.365. The van der Waals surface area contributed by atoms with Crippen molar-refractivity contribution in [2.24, 2.45) is 0 Å². The SMILES string of the molecule is O=[N+]([O-])Cc1c(C(F)(F)F)c(F)nc(F)c1C(F)(F)F. The molecule has 0 saturated carbocycles. The number of nitrogens with zero attached hydrogens (tertiary/aromatic N) is 2. The van der Waals surface area contributed by atoms with Gasteiger partial charge in [-0.1, -0.05) is 0 Å². The molecule has 0 amide bonds. The van der Waals surface area contributed by atoms with E-state index in [1.807, 2.05) is 4.98 Å². The molecular weight excluding hydrogens is 308 g/mol. The second kappa shape index (κ2) is 4.83. The molecular formula is C8H2F8N2O2. The second-order valence-corrected chi connectivity index (χ2v) is 3.41. The first-order valence-electron chi connectivity index (χ1n) is 4.49. The van der Waals surface area contributed by atoms with Crippen LogP contribution in [-0.2, 0) is 18.9 Å². The molecule has 0 bridgehead atoms. The van der Waals surface area contributed by atoms with Crippen LogP contribution in [0.4, 0.5) is 35.1 Å². The van der Waals surface area contributed by atoms with Crippen LogP contribution < -0.4 is 0 Å². The maximum Gasteiger partial charge on any atom is 0.421 e. The van der Waals surface area contributed by atoms with E-state index in [0.717, 1.165) is 0 Å². The predicted octanol–water partition coefficient (Wildman–Crippen LogP) is 3.17. The number of alkyl halides is 6. The van der Waals surface area contributed by atoms with Gasteiger partial charge in [-0.3, -0.25) is 10.1 Å². The van der Waals surface area contributed by atoms with E-state index in [9.17, 15) is 45.2 Å². The zero-order valence-electron chi connectivity index (χ0n) is 8.94. The van der Waals surface area contributed by atoms with Crippen LogP contribution in [0.2, 0.25) is 0 Å². The van der Waals surface area contributed by atoms with Crippen LogP contribution in [0.25, 0.3) is 0 Å². The lowest BCUT2D eigenvalue weighted by Crippen LogP contribution is -2.23. The van der Waals surface area contributed by atoms with Crippen molar-refractivity contribution in [3.63, 3.8) is 0 Å². The van der Waals surface area contributed by atoms with E-state index in [4.69, 9.17) is 0 Å². The van der Waals surface area contributed by atoms with Gasteiger partial charge in [0.1, 0.15) is 11.1 Å². The van der Waals surface area contributed by atoms with Gasteiger partial charge in [-0.15, -0.1) is 0 Å². The molecule has 0 fully saturated rings. The molecule has 0 atom stereocenters. The first-order valence-corrected chi connectivity index (χ1v) is 4.49. The van der Waals surface area contributed by atoms with Crippen molar-refractivity contribution in [1.82, 2.24) is 4.98 Å². The number of hydrogen-bond donors (Lipinski definition) is 0. The minimum atomic E-state index is -5.70. The van der Waals surface area contributed by atoms with E-state index in [-0.39, 0.29) is 0 Å². The Morgan fingerprint density at radius 1 is 0.950 bits per heavy atom. The highest BCUT2D eigenvalue weighted by Gasteiger charge is 2.47. The Balaban J connectivity index is 3.80. The molecule has 12 heteroatoms. The third kappa shape index (κ3) is 3.11. The number of hydrogen-bond acceptors (Lipinski definition) is 3. The molecule has 1 rings (SSSR count). The van der Waals surface area contributed by atoms with Crippen LogP contribution in [-0.4, -0.2) is 9.91 Å². The summed E-state index contributed by atoms with van der Waals surface area (Å²) in [5, 5.41) is 10.2. The summed E-state index contributed by atoms with van der Waals surface area (Å²) in [6, 6.07) is 0. The fourth-order valence-corrected chi connectivity index (χ4v) is 1.44. The molecule has 112 valence electrons. The summed E-state index contributed by atoms with van der Waals surface area (Å²) in [5.41, 5.74) is -7.37. The van der Waals surface area contributed by atoms with Gasteiger partial charge >= 0.3 is 12.4 Å².